The highest BCUT2D eigenvalue weighted by Crippen LogP contribution is 2.69. The van der Waals surface area contributed by atoms with Gasteiger partial charge in [0.05, 0.1) is 4.47 Å². The fourth-order valence-corrected chi connectivity index (χ4v) is 5.15. The molecule has 3 saturated carbocycles. The number of halogens is 2. The van der Waals surface area contributed by atoms with E-state index in [2.05, 4.69) is 15.9 Å². The smallest absolute Gasteiger partial charge is 0.140 e. The SMILES string of the molecule is O=C(Cc1ccc(F)c(Br)c1)C1C2C3CCC(C3)C12. The summed E-state index contributed by atoms with van der Waals surface area (Å²) in [7, 11) is 0. The molecule has 3 fully saturated rings. The Kier molecular flexibility index (Phi) is 2.63. The van der Waals surface area contributed by atoms with Crippen LogP contribution >= 0.6 is 15.9 Å². The van der Waals surface area contributed by atoms with E-state index < -0.39 is 0 Å². The zero-order chi connectivity index (χ0) is 13.1. The molecule has 4 rings (SSSR count). The monoisotopic (exact) mass is 322 g/mol. The van der Waals surface area contributed by atoms with Gasteiger partial charge in [0.15, 0.2) is 0 Å². The van der Waals surface area contributed by atoms with Gasteiger partial charge in [0.1, 0.15) is 11.6 Å². The van der Waals surface area contributed by atoms with Gasteiger partial charge in [-0.15, -0.1) is 0 Å². The maximum atomic E-state index is 13.2. The lowest BCUT2D eigenvalue weighted by Gasteiger charge is -2.08. The molecule has 0 spiro atoms. The molecule has 0 aliphatic heterocycles. The Labute approximate surface area is 120 Å². The van der Waals surface area contributed by atoms with Crippen LogP contribution < -0.4 is 0 Å². The van der Waals surface area contributed by atoms with Crippen LogP contribution in [-0.4, -0.2) is 5.78 Å². The second kappa shape index (κ2) is 4.15. The Hall–Kier alpha value is -0.700. The number of hydrogen-bond donors (Lipinski definition) is 0. The first-order valence-electron chi connectivity index (χ1n) is 7.12. The molecule has 3 aliphatic carbocycles. The van der Waals surface area contributed by atoms with Crippen molar-refractivity contribution in [3.63, 3.8) is 0 Å². The summed E-state index contributed by atoms with van der Waals surface area (Å²) in [6.07, 6.45) is 4.53. The maximum Gasteiger partial charge on any atom is 0.140 e. The van der Waals surface area contributed by atoms with E-state index >= 15 is 0 Å². The van der Waals surface area contributed by atoms with E-state index in [0.717, 1.165) is 17.4 Å². The van der Waals surface area contributed by atoms with E-state index in [1.807, 2.05) is 0 Å². The van der Waals surface area contributed by atoms with E-state index in [9.17, 15) is 9.18 Å². The largest absolute Gasteiger partial charge is 0.299 e. The summed E-state index contributed by atoms with van der Waals surface area (Å²) in [6.45, 7) is 0. The van der Waals surface area contributed by atoms with E-state index in [0.29, 0.717) is 34.4 Å². The third-order valence-corrected chi connectivity index (χ3v) is 6.08. The van der Waals surface area contributed by atoms with Crippen LogP contribution in [0, 0.1) is 35.4 Å². The fourth-order valence-electron chi connectivity index (χ4n) is 4.72. The van der Waals surface area contributed by atoms with E-state index in [-0.39, 0.29) is 5.82 Å². The average Bonchev–Trinajstić information content (AvgIpc) is 2.83. The zero-order valence-electron chi connectivity index (χ0n) is 10.6. The molecule has 100 valence electrons. The van der Waals surface area contributed by atoms with Gasteiger partial charge in [0.2, 0.25) is 0 Å². The van der Waals surface area contributed by atoms with Gasteiger partial charge in [-0.1, -0.05) is 6.07 Å². The lowest BCUT2D eigenvalue weighted by molar-refractivity contribution is -0.120. The van der Waals surface area contributed by atoms with Crippen LogP contribution in [0.3, 0.4) is 0 Å². The summed E-state index contributed by atoms with van der Waals surface area (Å²) < 4.78 is 13.6. The Morgan fingerprint density at radius 1 is 1.26 bits per heavy atom. The van der Waals surface area contributed by atoms with Crippen molar-refractivity contribution >= 4 is 21.7 Å². The highest BCUT2D eigenvalue weighted by atomic mass is 79.9. The van der Waals surface area contributed by atoms with Gasteiger partial charge in [-0.05, 0) is 76.6 Å². The lowest BCUT2D eigenvalue weighted by atomic mass is 9.96. The van der Waals surface area contributed by atoms with Crippen LogP contribution in [0.4, 0.5) is 4.39 Å². The van der Waals surface area contributed by atoms with Crippen molar-refractivity contribution in [2.75, 3.05) is 0 Å². The summed E-state index contributed by atoms with van der Waals surface area (Å²) in [5.74, 6) is 3.52. The number of fused-ring (bicyclic) bond motifs is 5. The Morgan fingerprint density at radius 3 is 2.58 bits per heavy atom. The second-order valence-electron chi connectivity index (χ2n) is 6.41. The molecule has 3 heteroatoms. The number of rotatable bonds is 3. The Morgan fingerprint density at radius 2 is 1.95 bits per heavy atom. The van der Waals surface area contributed by atoms with E-state index in [4.69, 9.17) is 0 Å². The van der Waals surface area contributed by atoms with Crippen molar-refractivity contribution in [2.24, 2.45) is 29.6 Å². The van der Waals surface area contributed by atoms with Crippen LogP contribution in [0.25, 0.3) is 0 Å². The quantitative estimate of drug-likeness (QED) is 0.822. The van der Waals surface area contributed by atoms with Crippen LogP contribution in [0.5, 0.6) is 0 Å². The van der Waals surface area contributed by atoms with Crippen LogP contribution in [0.2, 0.25) is 0 Å². The third kappa shape index (κ3) is 1.81. The molecule has 0 amide bonds. The van der Waals surface area contributed by atoms with E-state index in [1.165, 1.54) is 25.3 Å². The van der Waals surface area contributed by atoms with Crippen molar-refractivity contribution in [3.05, 3.63) is 34.1 Å². The molecule has 0 aromatic heterocycles. The zero-order valence-corrected chi connectivity index (χ0v) is 12.2. The minimum atomic E-state index is -0.266. The molecule has 4 atom stereocenters. The number of carbonyl (C=O) groups is 1. The van der Waals surface area contributed by atoms with Gasteiger partial charge in [0, 0.05) is 12.3 Å². The first-order valence-corrected chi connectivity index (χ1v) is 7.91. The minimum absolute atomic E-state index is 0.266. The Balaban J connectivity index is 1.47. The summed E-state index contributed by atoms with van der Waals surface area (Å²) in [5, 5.41) is 0. The molecule has 3 aliphatic rings. The topological polar surface area (TPSA) is 17.1 Å². The van der Waals surface area contributed by atoms with Gasteiger partial charge in [-0.3, -0.25) is 4.79 Å². The first kappa shape index (κ1) is 12.1. The maximum absolute atomic E-state index is 13.2. The molecule has 0 heterocycles. The highest BCUT2D eigenvalue weighted by molar-refractivity contribution is 9.10. The van der Waals surface area contributed by atoms with Crippen molar-refractivity contribution in [3.8, 4) is 0 Å². The Bertz CT molecular complexity index is 540. The molecule has 4 unspecified atom stereocenters. The summed E-state index contributed by atoms with van der Waals surface area (Å²) in [6, 6.07) is 4.90. The fraction of sp³-hybridized carbons (Fsp3) is 0.562. The van der Waals surface area contributed by atoms with Crippen LogP contribution in [0.1, 0.15) is 24.8 Å². The van der Waals surface area contributed by atoms with E-state index in [1.54, 1.807) is 12.1 Å². The minimum Gasteiger partial charge on any atom is -0.299 e. The molecular weight excluding hydrogens is 307 g/mol. The summed E-state index contributed by atoms with van der Waals surface area (Å²) in [5.41, 5.74) is 0.926. The first-order chi connectivity index (χ1) is 9.15. The molecule has 1 aromatic carbocycles. The van der Waals surface area contributed by atoms with Gasteiger partial charge in [0.25, 0.3) is 0 Å². The molecule has 1 aromatic rings. The van der Waals surface area contributed by atoms with Gasteiger partial charge in [-0.2, -0.15) is 0 Å². The number of Topliss-reactive ketones (excluding diaryl/α,β-unsaturated/α-hetero) is 1. The highest BCUT2D eigenvalue weighted by Gasteiger charge is 2.66. The number of hydrogen-bond acceptors (Lipinski definition) is 1. The van der Waals surface area contributed by atoms with Crippen molar-refractivity contribution in [1.82, 2.24) is 0 Å². The van der Waals surface area contributed by atoms with Gasteiger partial charge in [-0.25, -0.2) is 4.39 Å². The third-order valence-electron chi connectivity index (χ3n) is 5.47. The van der Waals surface area contributed by atoms with Crippen molar-refractivity contribution in [1.29, 1.82) is 0 Å². The van der Waals surface area contributed by atoms with Crippen LogP contribution in [0.15, 0.2) is 22.7 Å². The molecular formula is C16H16BrFO. The lowest BCUT2D eigenvalue weighted by Crippen LogP contribution is -2.12. The predicted octanol–water partition coefficient (Wildman–Crippen LogP) is 3.99. The predicted molar refractivity (Wildman–Crippen MR) is 74.1 cm³/mol. The molecule has 2 bridgehead atoms. The summed E-state index contributed by atoms with van der Waals surface area (Å²) in [4.78, 5) is 12.4. The normalized spacial score (nSPS) is 38.3. The van der Waals surface area contributed by atoms with Gasteiger partial charge >= 0.3 is 0 Å². The molecule has 1 nitrogen and oxygen atoms in total. The number of carbonyl (C=O) groups excluding carboxylic acids is 1. The molecule has 0 N–H and O–H groups in total. The molecule has 19 heavy (non-hydrogen) atoms. The van der Waals surface area contributed by atoms with Crippen LogP contribution in [-0.2, 0) is 11.2 Å². The second-order valence-corrected chi connectivity index (χ2v) is 7.26. The van der Waals surface area contributed by atoms with Crippen molar-refractivity contribution < 1.29 is 9.18 Å². The molecule has 0 saturated heterocycles. The van der Waals surface area contributed by atoms with Gasteiger partial charge < -0.3 is 0 Å². The number of ketones is 1. The van der Waals surface area contributed by atoms with Crippen molar-refractivity contribution in [2.45, 2.75) is 25.7 Å². The molecule has 0 radical (unpaired) electrons. The number of benzene rings is 1. The summed E-state index contributed by atoms with van der Waals surface area (Å²) >= 11 is 3.18. The standard InChI is InChI=1S/C16H16BrFO/c17-11-5-8(1-4-12(11)18)6-13(19)16-14-9-2-3-10(7-9)15(14)16/h1,4-5,9-10,14-16H,2-3,6-7H2. The average molecular weight is 323 g/mol.